The van der Waals surface area contributed by atoms with Crippen LogP contribution in [0.15, 0.2) is 24.3 Å². The number of hydrogen-bond donors (Lipinski definition) is 2. The highest BCUT2D eigenvalue weighted by molar-refractivity contribution is 6.30. The van der Waals surface area contributed by atoms with Crippen LogP contribution in [0.4, 0.5) is 0 Å². The zero-order valence-electron chi connectivity index (χ0n) is 7.28. The number of aliphatic hydroxyl groups is 2. The summed E-state index contributed by atoms with van der Waals surface area (Å²) < 4.78 is 0. The van der Waals surface area contributed by atoms with Crippen LogP contribution in [-0.4, -0.2) is 16.8 Å². The second kappa shape index (κ2) is 5.22. The minimum absolute atomic E-state index is 0.116. The molecule has 1 aromatic rings. The Kier molecular flexibility index (Phi) is 4.22. The Morgan fingerprint density at radius 3 is 2.38 bits per heavy atom. The molecule has 0 aliphatic rings. The summed E-state index contributed by atoms with van der Waals surface area (Å²) in [5.74, 6) is 0. The van der Waals surface area contributed by atoms with Gasteiger partial charge in [-0.3, -0.25) is 0 Å². The molecule has 0 heterocycles. The quantitative estimate of drug-likeness (QED) is 0.782. The van der Waals surface area contributed by atoms with E-state index in [1.54, 1.807) is 24.3 Å². The number of aliphatic hydroxyl groups excluding tert-OH is 2. The maximum atomic E-state index is 9.59. The predicted octanol–water partition coefficient (Wildman–Crippen LogP) is 2.15. The predicted molar refractivity (Wildman–Crippen MR) is 52.7 cm³/mol. The van der Waals surface area contributed by atoms with Crippen molar-refractivity contribution in [2.45, 2.75) is 18.9 Å². The third-order valence-corrected chi connectivity index (χ3v) is 2.14. The van der Waals surface area contributed by atoms with Crippen LogP contribution in [0.25, 0.3) is 0 Å². The average molecular weight is 201 g/mol. The van der Waals surface area contributed by atoms with Crippen LogP contribution in [0.5, 0.6) is 0 Å². The van der Waals surface area contributed by atoms with Gasteiger partial charge in [0.2, 0.25) is 0 Å². The molecule has 1 rings (SSSR count). The highest BCUT2D eigenvalue weighted by atomic mass is 35.5. The van der Waals surface area contributed by atoms with Gasteiger partial charge in [-0.15, -0.1) is 0 Å². The van der Waals surface area contributed by atoms with Gasteiger partial charge in [-0.2, -0.15) is 0 Å². The van der Waals surface area contributed by atoms with Gasteiger partial charge in [0, 0.05) is 11.6 Å². The Morgan fingerprint density at radius 1 is 1.23 bits per heavy atom. The standard InChI is InChI=1S/C10H13ClO2/c11-9-5-3-8(4-6-9)10(13)2-1-7-12/h3-6,10,12-13H,1-2,7H2. The molecule has 0 amide bonds. The van der Waals surface area contributed by atoms with Gasteiger partial charge >= 0.3 is 0 Å². The Morgan fingerprint density at radius 2 is 1.85 bits per heavy atom. The van der Waals surface area contributed by atoms with Gasteiger partial charge in [0.1, 0.15) is 0 Å². The van der Waals surface area contributed by atoms with E-state index >= 15 is 0 Å². The van der Waals surface area contributed by atoms with Gasteiger partial charge in [-0.1, -0.05) is 23.7 Å². The summed E-state index contributed by atoms with van der Waals surface area (Å²) in [6.07, 6.45) is 0.700. The van der Waals surface area contributed by atoms with Crippen molar-refractivity contribution in [1.82, 2.24) is 0 Å². The minimum atomic E-state index is -0.496. The van der Waals surface area contributed by atoms with E-state index in [1.807, 2.05) is 0 Å². The summed E-state index contributed by atoms with van der Waals surface area (Å²) in [5.41, 5.74) is 0.845. The van der Waals surface area contributed by atoms with Gasteiger partial charge in [-0.25, -0.2) is 0 Å². The summed E-state index contributed by atoms with van der Waals surface area (Å²) >= 11 is 5.70. The van der Waals surface area contributed by atoms with E-state index in [0.29, 0.717) is 17.9 Å². The molecule has 2 nitrogen and oxygen atoms in total. The van der Waals surface area contributed by atoms with E-state index in [9.17, 15) is 5.11 Å². The maximum Gasteiger partial charge on any atom is 0.0790 e. The van der Waals surface area contributed by atoms with E-state index in [4.69, 9.17) is 16.7 Å². The summed E-state index contributed by atoms with van der Waals surface area (Å²) in [7, 11) is 0. The molecule has 0 spiro atoms. The zero-order chi connectivity index (χ0) is 9.68. The van der Waals surface area contributed by atoms with Gasteiger partial charge in [0.05, 0.1) is 6.10 Å². The van der Waals surface area contributed by atoms with Crippen molar-refractivity contribution in [3.8, 4) is 0 Å². The van der Waals surface area contributed by atoms with E-state index in [1.165, 1.54) is 0 Å². The van der Waals surface area contributed by atoms with Crippen molar-refractivity contribution in [1.29, 1.82) is 0 Å². The van der Waals surface area contributed by atoms with E-state index in [0.717, 1.165) is 5.56 Å². The first-order valence-electron chi connectivity index (χ1n) is 4.28. The number of hydrogen-bond acceptors (Lipinski definition) is 2. The average Bonchev–Trinajstić information content (AvgIpc) is 2.15. The molecule has 0 aliphatic heterocycles. The van der Waals surface area contributed by atoms with Crippen molar-refractivity contribution < 1.29 is 10.2 Å². The normalized spacial score (nSPS) is 12.8. The second-order valence-electron chi connectivity index (χ2n) is 2.93. The Bertz CT molecular complexity index is 246. The highest BCUT2D eigenvalue weighted by Gasteiger charge is 2.05. The van der Waals surface area contributed by atoms with Crippen molar-refractivity contribution in [3.63, 3.8) is 0 Å². The fourth-order valence-corrected chi connectivity index (χ4v) is 1.26. The molecule has 1 atom stereocenters. The fraction of sp³-hybridized carbons (Fsp3) is 0.400. The molecule has 1 unspecified atom stereocenters. The molecule has 1 aromatic carbocycles. The molecule has 0 aliphatic carbocycles. The second-order valence-corrected chi connectivity index (χ2v) is 3.37. The fourth-order valence-electron chi connectivity index (χ4n) is 1.14. The third-order valence-electron chi connectivity index (χ3n) is 1.89. The largest absolute Gasteiger partial charge is 0.396 e. The number of rotatable bonds is 4. The molecular weight excluding hydrogens is 188 g/mol. The Hall–Kier alpha value is -0.570. The molecule has 72 valence electrons. The maximum absolute atomic E-state index is 9.59. The molecule has 0 saturated heterocycles. The minimum Gasteiger partial charge on any atom is -0.396 e. The van der Waals surface area contributed by atoms with Crippen LogP contribution in [-0.2, 0) is 0 Å². The van der Waals surface area contributed by atoms with E-state index in [-0.39, 0.29) is 6.61 Å². The summed E-state index contributed by atoms with van der Waals surface area (Å²) in [6.45, 7) is 0.116. The highest BCUT2D eigenvalue weighted by Crippen LogP contribution is 2.19. The van der Waals surface area contributed by atoms with Crippen LogP contribution in [0.2, 0.25) is 5.02 Å². The van der Waals surface area contributed by atoms with E-state index in [2.05, 4.69) is 0 Å². The molecule has 0 aromatic heterocycles. The molecule has 0 bridgehead atoms. The third kappa shape index (κ3) is 3.35. The van der Waals surface area contributed by atoms with Crippen molar-refractivity contribution in [2.75, 3.05) is 6.61 Å². The summed E-state index contributed by atoms with van der Waals surface area (Å²) in [6, 6.07) is 7.09. The van der Waals surface area contributed by atoms with Crippen LogP contribution >= 0.6 is 11.6 Å². The molecule has 2 N–H and O–H groups in total. The van der Waals surface area contributed by atoms with Crippen LogP contribution in [0.3, 0.4) is 0 Å². The molecule has 0 saturated carbocycles. The molecule has 13 heavy (non-hydrogen) atoms. The lowest BCUT2D eigenvalue weighted by molar-refractivity contribution is 0.152. The molecule has 0 radical (unpaired) electrons. The van der Waals surface area contributed by atoms with Crippen LogP contribution in [0, 0.1) is 0 Å². The monoisotopic (exact) mass is 200 g/mol. The SMILES string of the molecule is OCCCC(O)c1ccc(Cl)cc1. The summed E-state index contributed by atoms with van der Waals surface area (Å²) in [5, 5.41) is 18.8. The van der Waals surface area contributed by atoms with Crippen molar-refractivity contribution >= 4 is 11.6 Å². The first-order chi connectivity index (χ1) is 6.24. The Balaban J connectivity index is 2.55. The van der Waals surface area contributed by atoms with Crippen LogP contribution in [0.1, 0.15) is 24.5 Å². The lowest BCUT2D eigenvalue weighted by Crippen LogP contribution is -1.98. The smallest absolute Gasteiger partial charge is 0.0790 e. The lowest BCUT2D eigenvalue weighted by atomic mass is 10.1. The van der Waals surface area contributed by atoms with Gasteiger partial charge in [-0.05, 0) is 30.5 Å². The zero-order valence-corrected chi connectivity index (χ0v) is 8.04. The number of halogens is 1. The lowest BCUT2D eigenvalue weighted by Gasteiger charge is -2.09. The molecule has 0 fully saturated rings. The van der Waals surface area contributed by atoms with Crippen molar-refractivity contribution in [3.05, 3.63) is 34.9 Å². The number of benzene rings is 1. The van der Waals surface area contributed by atoms with Gasteiger partial charge < -0.3 is 10.2 Å². The molecule has 3 heteroatoms. The topological polar surface area (TPSA) is 40.5 Å². The van der Waals surface area contributed by atoms with Crippen molar-refractivity contribution in [2.24, 2.45) is 0 Å². The van der Waals surface area contributed by atoms with Crippen LogP contribution < -0.4 is 0 Å². The Labute approximate surface area is 82.8 Å². The first-order valence-corrected chi connectivity index (χ1v) is 4.66. The van der Waals surface area contributed by atoms with Gasteiger partial charge in [0.25, 0.3) is 0 Å². The van der Waals surface area contributed by atoms with Gasteiger partial charge in [0.15, 0.2) is 0 Å². The first kappa shape index (κ1) is 10.5. The van der Waals surface area contributed by atoms with E-state index < -0.39 is 6.10 Å². The molecular formula is C10H13ClO2. The summed E-state index contributed by atoms with van der Waals surface area (Å²) in [4.78, 5) is 0.